The fourth-order valence-corrected chi connectivity index (χ4v) is 2.58. The summed E-state index contributed by atoms with van der Waals surface area (Å²) in [7, 11) is 1.39. The van der Waals surface area contributed by atoms with Gasteiger partial charge in [-0.25, -0.2) is 22.0 Å². The third-order valence-corrected chi connectivity index (χ3v) is 3.78. The molecule has 0 atom stereocenters. The summed E-state index contributed by atoms with van der Waals surface area (Å²) in [5, 5.41) is 6.13. The Hall–Kier alpha value is -3.23. The Morgan fingerprint density at radius 3 is 2.37 bits per heavy atom. The predicted octanol–water partition coefficient (Wildman–Crippen LogP) is 4.69. The average Bonchev–Trinajstić information content (AvgIpc) is 3.02. The molecule has 0 saturated heterocycles. The Kier molecular flexibility index (Phi) is 4.93. The van der Waals surface area contributed by atoms with Crippen LogP contribution in [-0.2, 0) is 7.05 Å². The number of aryl methyl sites for hydroxylation is 1. The highest BCUT2D eigenvalue weighted by Crippen LogP contribution is 2.31. The van der Waals surface area contributed by atoms with Crippen molar-refractivity contribution < 1.29 is 26.7 Å². The lowest BCUT2D eigenvalue weighted by molar-refractivity contribution is 0.100. The van der Waals surface area contributed by atoms with Gasteiger partial charge in [-0.2, -0.15) is 5.10 Å². The summed E-state index contributed by atoms with van der Waals surface area (Å²) < 4.78 is 67.4. The van der Waals surface area contributed by atoms with Crippen molar-refractivity contribution in [3.8, 4) is 11.1 Å². The second-order valence-corrected chi connectivity index (χ2v) is 5.66. The highest BCUT2D eigenvalue weighted by atomic mass is 19.3. The van der Waals surface area contributed by atoms with E-state index in [9.17, 15) is 26.7 Å². The van der Waals surface area contributed by atoms with Gasteiger partial charge in [0.25, 0.3) is 12.3 Å². The van der Waals surface area contributed by atoms with Gasteiger partial charge in [-0.05, 0) is 23.8 Å². The fraction of sp³-hybridized carbons (Fsp3) is 0.111. The van der Waals surface area contributed by atoms with E-state index in [-0.39, 0.29) is 16.8 Å². The van der Waals surface area contributed by atoms with Gasteiger partial charge in [0.15, 0.2) is 23.1 Å². The highest BCUT2D eigenvalue weighted by Gasteiger charge is 2.23. The molecule has 3 aromatic rings. The van der Waals surface area contributed by atoms with Crippen molar-refractivity contribution in [2.24, 2.45) is 7.05 Å². The fourth-order valence-electron chi connectivity index (χ4n) is 2.58. The Morgan fingerprint density at radius 1 is 1.11 bits per heavy atom. The van der Waals surface area contributed by atoms with Gasteiger partial charge >= 0.3 is 0 Å². The van der Waals surface area contributed by atoms with Crippen LogP contribution in [0.2, 0.25) is 0 Å². The van der Waals surface area contributed by atoms with Crippen molar-refractivity contribution in [1.82, 2.24) is 9.78 Å². The molecule has 2 aromatic carbocycles. The zero-order valence-corrected chi connectivity index (χ0v) is 13.8. The van der Waals surface area contributed by atoms with E-state index < -0.39 is 41.0 Å². The largest absolute Gasteiger partial charge is 0.320 e. The number of hydrogen-bond donors (Lipinski definition) is 1. The maximum atomic E-state index is 13.5. The number of amides is 1. The zero-order chi connectivity index (χ0) is 19.7. The monoisotopic (exact) mass is 381 g/mol. The molecule has 1 N–H and O–H groups in total. The lowest BCUT2D eigenvalue weighted by Gasteiger charge is -2.12. The van der Waals surface area contributed by atoms with Crippen LogP contribution >= 0.6 is 0 Å². The van der Waals surface area contributed by atoms with Crippen LogP contribution < -0.4 is 5.32 Å². The van der Waals surface area contributed by atoms with Crippen LogP contribution in [0, 0.1) is 17.5 Å². The van der Waals surface area contributed by atoms with Gasteiger partial charge in [0.1, 0.15) is 0 Å². The van der Waals surface area contributed by atoms with Gasteiger partial charge < -0.3 is 5.32 Å². The number of rotatable bonds is 4. The molecular weight excluding hydrogens is 369 g/mol. The molecule has 0 unspecified atom stereocenters. The number of nitrogens with zero attached hydrogens (tertiary/aromatic N) is 2. The van der Waals surface area contributed by atoms with E-state index in [1.54, 1.807) is 0 Å². The molecule has 27 heavy (non-hydrogen) atoms. The number of aromatic nitrogens is 2. The van der Waals surface area contributed by atoms with Gasteiger partial charge in [-0.3, -0.25) is 9.48 Å². The second kappa shape index (κ2) is 7.18. The first-order valence-corrected chi connectivity index (χ1v) is 7.65. The molecule has 3 rings (SSSR count). The van der Waals surface area contributed by atoms with Crippen LogP contribution in [0.1, 0.15) is 22.5 Å². The van der Waals surface area contributed by atoms with Crippen molar-refractivity contribution >= 4 is 11.6 Å². The van der Waals surface area contributed by atoms with E-state index in [0.29, 0.717) is 0 Å². The third kappa shape index (κ3) is 3.67. The van der Waals surface area contributed by atoms with Gasteiger partial charge in [-0.1, -0.05) is 18.2 Å². The van der Waals surface area contributed by atoms with E-state index in [2.05, 4.69) is 10.4 Å². The average molecular weight is 381 g/mol. The van der Waals surface area contributed by atoms with Gasteiger partial charge in [0.2, 0.25) is 0 Å². The highest BCUT2D eigenvalue weighted by molar-refractivity contribution is 6.06. The predicted molar refractivity (Wildman–Crippen MR) is 87.9 cm³/mol. The molecule has 4 nitrogen and oxygen atoms in total. The Morgan fingerprint density at radius 2 is 1.74 bits per heavy atom. The minimum absolute atomic E-state index is 0.0302. The first kappa shape index (κ1) is 18.6. The van der Waals surface area contributed by atoms with Crippen LogP contribution in [0.15, 0.2) is 42.6 Å². The molecule has 0 fully saturated rings. The maximum Gasteiger partial charge on any atom is 0.276 e. The Labute approximate surface area is 150 Å². The molecule has 1 amide bonds. The number of halogens is 5. The van der Waals surface area contributed by atoms with Crippen molar-refractivity contribution in [3.05, 3.63) is 71.3 Å². The molecule has 9 heteroatoms. The topological polar surface area (TPSA) is 46.9 Å². The lowest BCUT2D eigenvalue weighted by Crippen LogP contribution is -2.15. The molecule has 0 radical (unpaired) electrons. The van der Waals surface area contributed by atoms with Gasteiger partial charge in [0.05, 0.1) is 5.56 Å². The van der Waals surface area contributed by atoms with Gasteiger partial charge in [-0.15, -0.1) is 0 Å². The van der Waals surface area contributed by atoms with E-state index >= 15 is 0 Å². The lowest BCUT2D eigenvalue weighted by atomic mass is 10.0. The maximum absolute atomic E-state index is 13.5. The van der Waals surface area contributed by atoms with Crippen molar-refractivity contribution in [2.45, 2.75) is 6.43 Å². The summed E-state index contributed by atoms with van der Waals surface area (Å²) >= 11 is 0. The Bertz CT molecular complexity index is 993. The summed E-state index contributed by atoms with van der Waals surface area (Å²) in [5.74, 6) is -5.32. The number of benzene rings is 2. The normalized spacial score (nSPS) is 11.1. The minimum atomic E-state index is -2.91. The van der Waals surface area contributed by atoms with E-state index in [1.807, 2.05) is 0 Å². The quantitative estimate of drug-likeness (QED) is 0.526. The number of para-hydroxylation sites is 1. The molecule has 0 spiro atoms. The molecule has 0 aliphatic rings. The van der Waals surface area contributed by atoms with Crippen molar-refractivity contribution in [2.75, 3.05) is 5.32 Å². The van der Waals surface area contributed by atoms with Gasteiger partial charge in [0, 0.05) is 24.5 Å². The second-order valence-electron chi connectivity index (χ2n) is 5.66. The molecule has 0 bridgehead atoms. The minimum Gasteiger partial charge on any atom is -0.320 e. The van der Waals surface area contributed by atoms with Crippen LogP contribution in [0.25, 0.3) is 11.1 Å². The SMILES string of the molecule is Cn1cc(C(F)F)c(C(=O)Nc2ccccc2-c2cc(F)c(F)c(F)c2)n1. The van der Waals surface area contributed by atoms with Crippen LogP contribution in [0.5, 0.6) is 0 Å². The number of hydrogen-bond acceptors (Lipinski definition) is 2. The summed E-state index contributed by atoms with van der Waals surface area (Å²) in [6.07, 6.45) is -1.88. The summed E-state index contributed by atoms with van der Waals surface area (Å²) in [6.45, 7) is 0. The number of carbonyl (C=O) groups is 1. The van der Waals surface area contributed by atoms with E-state index in [4.69, 9.17) is 0 Å². The number of nitrogens with one attached hydrogen (secondary N) is 1. The first-order valence-electron chi connectivity index (χ1n) is 7.65. The molecule has 1 aromatic heterocycles. The van der Waals surface area contributed by atoms with Crippen molar-refractivity contribution in [3.63, 3.8) is 0 Å². The summed E-state index contributed by atoms with van der Waals surface area (Å²) in [5.41, 5.74) is -0.778. The van der Waals surface area contributed by atoms with Crippen LogP contribution in [-0.4, -0.2) is 15.7 Å². The molecule has 0 aliphatic carbocycles. The van der Waals surface area contributed by atoms with E-state index in [0.717, 1.165) is 23.0 Å². The first-order chi connectivity index (χ1) is 12.8. The summed E-state index contributed by atoms with van der Waals surface area (Å²) in [4.78, 5) is 12.4. The number of carbonyl (C=O) groups excluding carboxylic acids is 1. The van der Waals surface area contributed by atoms with Crippen molar-refractivity contribution in [1.29, 1.82) is 0 Å². The summed E-state index contributed by atoms with van der Waals surface area (Å²) in [6, 6.07) is 7.46. The molecule has 0 saturated carbocycles. The van der Waals surface area contributed by atoms with Crippen LogP contribution in [0.4, 0.5) is 27.6 Å². The third-order valence-electron chi connectivity index (χ3n) is 3.78. The molecule has 140 valence electrons. The van der Waals surface area contributed by atoms with E-state index in [1.165, 1.54) is 31.3 Å². The number of anilines is 1. The molecular formula is C18H12F5N3O. The Balaban J connectivity index is 1.99. The standard InChI is InChI=1S/C18H12F5N3O/c1-26-8-11(17(22)23)16(25-26)18(27)24-14-5-3-2-4-10(14)9-6-12(19)15(21)13(20)7-9/h2-8,17H,1H3,(H,24,27). The smallest absolute Gasteiger partial charge is 0.276 e. The van der Waals surface area contributed by atoms with Crippen LogP contribution in [0.3, 0.4) is 0 Å². The molecule has 0 aliphatic heterocycles. The molecule has 1 heterocycles. The zero-order valence-electron chi connectivity index (χ0n) is 13.8. The number of alkyl halides is 2.